The van der Waals surface area contributed by atoms with E-state index in [1.54, 1.807) is 11.3 Å². The highest BCUT2D eigenvalue weighted by Crippen LogP contribution is 2.34. The third-order valence-electron chi connectivity index (χ3n) is 4.85. The quantitative estimate of drug-likeness (QED) is 0.895. The average molecular weight is 329 g/mol. The molecule has 1 aromatic rings. The van der Waals surface area contributed by atoms with Gasteiger partial charge < -0.3 is 10.1 Å². The van der Waals surface area contributed by atoms with E-state index in [-0.39, 0.29) is 0 Å². The highest BCUT2D eigenvalue weighted by molar-refractivity contribution is 7.16. The zero-order valence-corrected chi connectivity index (χ0v) is 14.1. The molecule has 3 nitrogen and oxygen atoms in total. The first-order valence-electron chi connectivity index (χ1n) is 8.06. The Morgan fingerprint density at radius 2 is 1.95 bits per heavy atom. The molecular weight excluding hydrogens is 304 g/mol. The second kappa shape index (κ2) is 7.42. The maximum Gasteiger partial charge on any atom is 0.0931 e. The van der Waals surface area contributed by atoms with E-state index in [2.05, 4.69) is 16.3 Å². The van der Waals surface area contributed by atoms with E-state index in [0.717, 1.165) is 43.7 Å². The van der Waals surface area contributed by atoms with Crippen molar-refractivity contribution in [2.24, 2.45) is 0 Å². The van der Waals surface area contributed by atoms with Crippen LogP contribution in [-0.4, -0.2) is 43.3 Å². The number of thiophene rings is 1. The molecular formula is C16H25ClN2OS. The topological polar surface area (TPSA) is 24.5 Å². The molecule has 3 rings (SSSR count). The molecule has 5 heteroatoms. The van der Waals surface area contributed by atoms with E-state index in [4.69, 9.17) is 16.3 Å². The van der Waals surface area contributed by atoms with Gasteiger partial charge in [-0.1, -0.05) is 30.9 Å². The third kappa shape index (κ3) is 3.99. The molecule has 1 N–H and O–H groups in total. The standard InChI is InChI=1S/C16H25ClN2OS/c17-15-5-4-14(21-15)12-18-13-16(6-2-1-3-7-16)19-8-10-20-11-9-19/h4-5,18H,1-3,6-13H2. The van der Waals surface area contributed by atoms with Crippen molar-refractivity contribution in [1.29, 1.82) is 0 Å². The van der Waals surface area contributed by atoms with Crippen LogP contribution >= 0.6 is 22.9 Å². The van der Waals surface area contributed by atoms with Gasteiger partial charge in [0, 0.05) is 36.6 Å². The van der Waals surface area contributed by atoms with Crippen molar-refractivity contribution in [3.05, 3.63) is 21.3 Å². The summed E-state index contributed by atoms with van der Waals surface area (Å²) in [6.45, 7) is 5.98. The van der Waals surface area contributed by atoms with Crippen LogP contribution < -0.4 is 5.32 Å². The van der Waals surface area contributed by atoms with Crippen LogP contribution in [0.5, 0.6) is 0 Å². The normalized spacial score (nSPS) is 23.3. The summed E-state index contributed by atoms with van der Waals surface area (Å²) in [6, 6.07) is 4.11. The fourth-order valence-electron chi connectivity index (χ4n) is 3.72. The second-order valence-electron chi connectivity index (χ2n) is 6.19. The van der Waals surface area contributed by atoms with E-state index in [1.165, 1.54) is 37.0 Å². The zero-order chi connectivity index (χ0) is 14.5. The summed E-state index contributed by atoms with van der Waals surface area (Å²) in [7, 11) is 0. The number of rotatable bonds is 5. The van der Waals surface area contributed by atoms with Crippen molar-refractivity contribution in [3.63, 3.8) is 0 Å². The number of ether oxygens (including phenoxy) is 1. The summed E-state index contributed by atoms with van der Waals surface area (Å²) in [4.78, 5) is 4.01. The summed E-state index contributed by atoms with van der Waals surface area (Å²) in [5.74, 6) is 0. The number of morpholine rings is 1. The van der Waals surface area contributed by atoms with Gasteiger partial charge in [0.1, 0.15) is 0 Å². The van der Waals surface area contributed by atoms with Crippen LogP contribution in [0, 0.1) is 0 Å². The van der Waals surface area contributed by atoms with Crippen LogP contribution in [0.4, 0.5) is 0 Å². The molecule has 1 aliphatic carbocycles. The van der Waals surface area contributed by atoms with Crippen molar-refractivity contribution in [3.8, 4) is 0 Å². The lowest BCUT2D eigenvalue weighted by molar-refractivity contribution is -0.0369. The molecule has 1 aliphatic heterocycles. The third-order valence-corrected chi connectivity index (χ3v) is 6.08. The summed E-state index contributed by atoms with van der Waals surface area (Å²) in [5, 5.41) is 3.69. The second-order valence-corrected chi connectivity index (χ2v) is 7.99. The molecule has 2 fully saturated rings. The molecule has 21 heavy (non-hydrogen) atoms. The molecule has 2 heterocycles. The smallest absolute Gasteiger partial charge is 0.0931 e. The fraction of sp³-hybridized carbons (Fsp3) is 0.750. The zero-order valence-electron chi connectivity index (χ0n) is 12.6. The van der Waals surface area contributed by atoms with Gasteiger partial charge >= 0.3 is 0 Å². The molecule has 1 saturated carbocycles. The Morgan fingerprint density at radius 3 is 2.62 bits per heavy atom. The molecule has 0 bridgehead atoms. The number of hydrogen-bond donors (Lipinski definition) is 1. The predicted octanol–water partition coefficient (Wildman–Crippen LogP) is 3.53. The van der Waals surface area contributed by atoms with Gasteiger partial charge in [0.15, 0.2) is 0 Å². The Morgan fingerprint density at radius 1 is 1.19 bits per heavy atom. The molecule has 0 unspecified atom stereocenters. The van der Waals surface area contributed by atoms with E-state index >= 15 is 0 Å². The molecule has 118 valence electrons. The van der Waals surface area contributed by atoms with Crippen LogP contribution in [-0.2, 0) is 11.3 Å². The largest absolute Gasteiger partial charge is 0.379 e. The lowest BCUT2D eigenvalue weighted by atomic mass is 9.79. The number of nitrogens with zero attached hydrogens (tertiary/aromatic N) is 1. The molecule has 1 saturated heterocycles. The molecule has 1 aromatic heterocycles. The monoisotopic (exact) mass is 328 g/mol. The average Bonchev–Trinajstić information content (AvgIpc) is 2.95. The van der Waals surface area contributed by atoms with Crippen molar-refractivity contribution in [1.82, 2.24) is 10.2 Å². The van der Waals surface area contributed by atoms with Gasteiger partial charge in [0.25, 0.3) is 0 Å². The van der Waals surface area contributed by atoms with Crippen LogP contribution in [0.15, 0.2) is 12.1 Å². The Balaban J connectivity index is 1.59. The maximum absolute atomic E-state index is 6.01. The van der Waals surface area contributed by atoms with Crippen LogP contribution in [0.1, 0.15) is 37.0 Å². The number of halogens is 1. The molecule has 0 amide bonds. The summed E-state index contributed by atoms with van der Waals surface area (Å²) in [5.41, 5.74) is 0.350. The van der Waals surface area contributed by atoms with Crippen LogP contribution in [0.2, 0.25) is 4.34 Å². The van der Waals surface area contributed by atoms with Gasteiger partial charge in [-0.2, -0.15) is 0 Å². The molecule has 2 aliphatic rings. The maximum atomic E-state index is 6.01. The lowest BCUT2D eigenvalue weighted by Crippen LogP contribution is -2.59. The van der Waals surface area contributed by atoms with Crippen LogP contribution in [0.25, 0.3) is 0 Å². The SMILES string of the molecule is Clc1ccc(CNCC2(N3CCOCC3)CCCCC2)s1. The highest BCUT2D eigenvalue weighted by Gasteiger charge is 2.38. The van der Waals surface area contributed by atoms with Gasteiger partial charge in [0.2, 0.25) is 0 Å². The first-order valence-corrected chi connectivity index (χ1v) is 9.26. The minimum Gasteiger partial charge on any atom is -0.379 e. The fourth-order valence-corrected chi connectivity index (χ4v) is 4.77. The summed E-state index contributed by atoms with van der Waals surface area (Å²) in [6.07, 6.45) is 6.77. The minimum absolute atomic E-state index is 0.350. The molecule has 0 spiro atoms. The first-order chi connectivity index (χ1) is 10.3. The van der Waals surface area contributed by atoms with Gasteiger partial charge in [-0.05, 0) is 25.0 Å². The van der Waals surface area contributed by atoms with E-state index in [1.807, 2.05) is 6.07 Å². The Kier molecular flexibility index (Phi) is 5.57. The Bertz CT molecular complexity index is 439. The highest BCUT2D eigenvalue weighted by atomic mass is 35.5. The van der Waals surface area contributed by atoms with E-state index in [0.29, 0.717) is 5.54 Å². The molecule has 0 aromatic carbocycles. The molecule has 0 atom stereocenters. The molecule has 0 radical (unpaired) electrons. The van der Waals surface area contributed by atoms with Gasteiger partial charge in [-0.25, -0.2) is 0 Å². The Hall–Kier alpha value is -0.130. The van der Waals surface area contributed by atoms with E-state index < -0.39 is 0 Å². The van der Waals surface area contributed by atoms with Gasteiger partial charge in [0.05, 0.1) is 17.6 Å². The van der Waals surface area contributed by atoms with Crippen molar-refractivity contribution in [2.75, 3.05) is 32.8 Å². The number of nitrogens with one attached hydrogen (secondary N) is 1. The van der Waals surface area contributed by atoms with Crippen molar-refractivity contribution in [2.45, 2.75) is 44.2 Å². The van der Waals surface area contributed by atoms with Crippen molar-refractivity contribution >= 4 is 22.9 Å². The number of hydrogen-bond acceptors (Lipinski definition) is 4. The van der Waals surface area contributed by atoms with E-state index in [9.17, 15) is 0 Å². The van der Waals surface area contributed by atoms with Crippen LogP contribution in [0.3, 0.4) is 0 Å². The first kappa shape index (κ1) is 15.8. The van der Waals surface area contributed by atoms with Gasteiger partial charge in [-0.3, -0.25) is 4.90 Å². The minimum atomic E-state index is 0.350. The lowest BCUT2D eigenvalue weighted by Gasteiger charge is -2.48. The Labute approximate surface area is 136 Å². The van der Waals surface area contributed by atoms with Crippen molar-refractivity contribution < 1.29 is 4.74 Å². The predicted molar refractivity (Wildman–Crippen MR) is 89.2 cm³/mol. The summed E-state index contributed by atoms with van der Waals surface area (Å²) < 4.78 is 6.42. The summed E-state index contributed by atoms with van der Waals surface area (Å²) >= 11 is 7.68. The van der Waals surface area contributed by atoms with Gasteiger partial charge in [-0.15, -0.1) is 11.3 Å².